The minimum absolute atomic E-state index is 1.10. The predicted octanol–water partition coefficient (Wildman–Crippen LogP) is 16.5. The molecule has 0 saturated carbocycles. The van der Waals surface area contributed by atoms with Crippen molar-refractivity contribution in [2.45, 2.75) is 40.5 Å². The van der Waals surface area contributed by atoms with E-state index in [1.165, 1.54) is 77.9 Å². The summed E-state index contributed by atoms with van der Waals surface area (Å²) in [6, 6.07) is 70.0. The van der Waals surface area contributed by atoms with Crippen LogP contribution in [0.25, 0.3) is 50.1 Å². The van der Waals surface area contributed by atoms with Gasteiger partial charge in [0.25, 0.3) is 0 Å². The second kappa shape index (κ2) is 18.1. The van der Waals surface area contributed by atoms with Crippen molar-refractivity contribution >= 4 is 22.6 Å². The molecule has 0 heterocycles. The summed E-state index contributed by atoms with van der Waals surface area (Å²) < 4.78 is 0. The van der Waals surface area contributed by atoms with Crippen LogP contribution < -0.4 is 4.90 Å². The van der Waals surface area contributed by atoms with Crippen LogP contribution >= 0.6 is 0 Å². The van der Waals surface area contributed by atoms with Gasteiger partial charge in [-0.3, -0.25) is 0 Å². The molecular formula is C58H51N. The second-order valence-corrected chi connectivity index (χ2v) is 15.6. The highest BCUT2D eigenvalue weighted by molar-refractivity contribution is 5.83. The van der Waals surface area contributed by atoms with Gasteiger partial charge in [0, 0.05) is 17.1 Å². The van der Waals surface area contributed by atoms with E-state index in [1.807, 2.05) is 6.07 Å². The molecule has 8 aromatic carbocycles. The number of anilines is 3. The Balaban J connectivity index is 0.000000316. The van der Waals surface area contributed by atoms with Crippen molar-refractivity contribution in [2.24, 2.45) is 0 Å². The van der Waals surface area contributed by atoms with Crippen LogP contribution in [0.1, 0.15) is 40.7 Å². The van der Waals surface area contributed by atoms with Gasteiger partial charge in [-0.25, -0.2) is 0 Å². The lowest BCUT2D eigenvalue weighted by molar-refractivity contribution is 1.04. The lowest BCUT2D eigenvalue weighted by Gasteiger charge is -2.26. The van der Waals surface area contributed by atoms with E-state index in [0.29, 0.717) is 0 Å². The van der Waals surface area contributed by atoms with Crippen LogP contribution in [0.3, 0.4) is 0 Å². The molecule has 1 aliphatic carbocycles. The third-order valence-electron chi connectivity index (χ3n) is 11.2. The van der Waals surface area contributed by atoms with E-state index in [1.54, 1.807) is 0 Å². The molecule has 0 unspecified atom stereocenters. The molecule has 59 heavy (non-hydrogen) atoms. The van der Waals surface area contributed by atoms with Crippen molar-refractivity contribution in [3.63, 3.8) is 0 Å². The fourth-order valence-corrected chi connectivity index (χ4v) is 7.81. The van der Waals surface area contributed by atoms with Gasteiger partial charge in [0.1, 0.15) is 0 Å². The first kappa shape index (κ1) is 38.9. The predicted molar refractivity (Wildman–Crippen MR) is 255 cm³/mol. The molecule has 0 spiro atoms. The quantitative estimate of drug-likeness (QED) is 0.149. The van der Waals surface area contributed by atoms with Gasteiger partial charge in [0.15, 0.2) is 0 Å². The maximum absolute atomic E-state index is 2.35. The van der Waals surface area contributed by atoms with Crippen molar-refractivity contribution in [3.05, 3.63) is 240 Å². The topological polar surface area (TPSA) is 3.24 Å². The van der Waals surface area contributed by atoms with Gasteiger partial charge >= 0.3 is 0 Å². The molecule has 0 amide bonds. The molecule has 0 atom stereocenters. The maximum Gasteiger partial charge on any atom is 0.0462 e. The molecule has 1 heteroatoms. The molecular weight excluding hydrogens is 711 g/mol. The van der Waals surface area contributed by atoms with E-state index in [0.717, 1.165) is 29.9 Å². The van der Waals surface area contributed by atoms with E-state index in [-0.39, 0.29) is 0 Å². The SMILES string of the molecule is Cc1ccc(-c2ccccc2)cc1.Cc1ccc(C)c(-c2cc(-c3ccc(N(c4ccc(C5=CCCC=C5)cc4)c4ccc(-c5ccccc5)cc4)cc3)ccc2C)c1. The number of hydrogen-bond acceptors (Lipinski definition) is 1. The van der Waals surface area contributed by atoms with Gasteiger partial charge in [0.05, 0.1) is 0 Å². The first-order chi connectivity index (χ1) is 28.9. The second-order valence-electron chi connectivity index (χ2n) is 15.6. The smallest absolute Gasteiger partial charge is 0.0462 e. The third kappa shape index (κ3) is 9.27. The Bertz CT molecular complexity index is 2680. The average Bonchev–Trinajstić information content (AvgIpc) is 3.30. The van der Waals surface area contributed by atoms with Gasteiger partial charge in [-0.1, -0.05) is 181 Å². The molecule has 9 rings (SSSR count). The van der Waals surface area contributed by atoms with E-state index in [2.05, 4.69) is 239 Å². The molecule has 1 aliphatic rings. The largest absolute Gasteiger partial charge is 0.311 e. The Kier molecular flexibility index (Phi) is 11.9. The molecule has 0 saturated heterocycles. The first-order valence-corrected chi connectivity index (χ1v) is 20.7. The molecule has 8 aromatic rings. The first-order valence-electron chi connectivity index (χ1n) is 20.7. The van der Waals surface area contributed by atoms with Crippen molar-refractivity contribution in [1.29, 1.82) is 0 Å². The Labute approximate surface area is 351 Å². The fourth-order valence-electron chi connectivity index (χ4n) is 7.81. The Morgan fingerprint density at radius 2 is 0.746 bits per heavy atom. The van der Waals surface area contributed by atoms with E-state index < -0.39 is 0 Å². The highest BCUT2D eigenvalue weighted by Gasteiger charge is 2.15. The molecule has 0 fully saturated rings. The highest BCUT2D eigenvalue weighted by atomic mass is 15.1. The molecule has 0 N–H and O–H groups in total. The number of allylic oxidation sites excluding steroid dienone is 4. The summed E-state index contributed by atoms with van der Waals surface area (Å²) in [5.74, 6) is 0. The highest BCUT2D eigenvalue weighted by Crippen LogP contribution is 2.38. The Morgan fingerprint density at radius 3 is 1.25 bits per heavy atom. The molecule has 0 bridgehead atoms. The Morgan fingerprint density at radius 1 is 0.339 bits per heavy atom. The summed E-state index contributed by atoms with van der Waals surface area (Å²) in [5.41, 5.74) is 21.2. The monoisotopic (exact) mass is 761 g/mol. The minimum Gasteiger partial charge on any atom is -0.311 e. The average molecular weight is 762 g/mol. The molecule has 0 aromatic heterocycles. The minimum atomic E-state index is 1.10. The summed E-state index contributed by atoms with van der Waals surface area (Å²) in [6.07, 6.45) is 9.08. The van der Waals surface area contributed by atoms with E-state index in [9.17, 15) is 0 Å². The summed E-state index contributed by atoms with van der Waals surface area (Å²) in [7, 11) is 0. The number of aryl methyl sites for hydroxylation is 4. The van der Waals surface area contributed by atoms with Gasteiger partial charge in [0.2, 0.25) is 0 Å². The van der Waals surface area contributed by atoms with Crippen LogP contribution in [0.2, 0.25) is 0 Å². The van der Waals surface area contributed by atoms with Crippen molar-refractivity contribution in [3.8, 4) is 44.5 Å². The molecule has 288 valence electrons. The van der Waals surface area contributed by atoms with Crippen LogP contribution in [-0.2, 0) is 0 Å². The number of rotatable bonds is 8. The van der Waals surface area contributed by atoms with Crippen LogP contribution in [0.4, 0.5) is 17.1 Å². The van der Waals surface area contributed by atoms with E-state index >= 15 is 0 Å². The van der Waals surface area contributed by atoms with Crippen LogP contribution in [0, 0.1) is 27.7 Å². The van der Waals surface area contributed by atoms with Crippen molar-refractivity contribution in [2.75, 3.05) is 4.90 Å². The zero-order valence-electron chi connectivity index (χ0n) is 34.6. The molecule has 1 nitrogen and oxygen atoms in total. The summed E-state index contributed by atoms with van der Waals surface area (Å²) >= 11 is 0. The van der Waals surface area contributed by atoms with Crippen LogP contribution in [-0.4, -0.2) is 0 Å². The number of benzene rings is 8. The number of nitrogens with zero attached hydrogens (tertiary/aromatic N) is 1. The van der Waals surface area contributed by atoms with Crippen LogP contribution in [0.5, 0.6) is 0 Å². The van der Waals surface area contributed by atoms with Crippen LogP contribution in [0.15, 0.2) is 212 Å². The number of hydrogen-bond donors (Lipinski definition) is 0. The lowest BCUT2D eigenvalue weighted by atomic mass is 9.92. The van der Waals surface area contributed by atoms with Gasteiger partial charge in [-0.15, -0.1) is 0 Å². The summed E-state index contributed by atoms with van der Waals surface area (Å²) in [6.45, 7) is 8.68. The lowest BCUT2D eigenvalue weighted by Crippen LogP contribution is -2.10. The van der Waals surface area contributed by atoms with Gasteiger partial charge in [-0.05, 0) is 150 Å². The summed E-state index contributed by atoms with van der Waals surface area (Å²) in [4.78, 5) is 2.35. The zero-order valence-corrected chi connectivity index (χ0v) is 34.6. The maximum atomic E-state index is 2.35. The molecule has 0 aliphatic heterocycles. The van der Waals surface area contributed by atoms with Crippen molar-refractivity contribution < 1.29 is 0 Å². The zero-order chi connectivity index (χ0) is 40.6. The van der Waals surface area contributed by atoms with Gasteiger partial charge < -0.3 is 4.90 Å². The van der Waals surface area contributed by atoms with E-state index in [4.69, 9.17) is 0 Å². The van der Waals surface area contributed by atoms with Gasteiger partial charge in [-0.2, -0.15) is 0 Å². The Hall–Kier alpha value is -6.96. The molecule has 0 radical (unpaired) electrons. The third-order valence-corrected chi connectivity index (χ3v) is 11.2. The summed E-state index contributed by atoms with van der Waals surface area (Å²) in [5, 5.41) is 0. The standard InChI is InChI=1S/C45H39N.C13H12/c1-32-14-15-33(2)44(30-32)45-31-40(17-16-34(45)3)39-22-28-43(29-23-39)46(41-24-18-37(19-25-41)35-10-6-4-7-11-35)42-26-20-38(21-27-42)36-12-8-5-9-13-36;1-11-7-9-13(10-8-11)12-5-3-2-4-6-12/h4,6-8,10-31H,5,9H2,1-3H3;2-10H,1H3. The normalized spacial score (nSPS) is 12.0. The fraction of sp³-hybridized carbons (Fsp3) is 0.103. The van der Waals surface area contributed by atoms with Crippen molar-refractivity contribution in [1.82, 2.24) is 0 Å².